The highest BCUT2D eigenvalue weighted by molar-refractivity contribution is 7.98. The van der Waals surface area contributed by atoms with E-state index in [1.807, 2.05) is 28.8 Å². The van der Waals surface area contributed by atoms with E-state index in [0.717, 1.165) is 16.5 Å². The molecule has 0 saturated carbocycles. The third-order valence-corrected chi connectivity index (χ3v) is 3.92. The molecule has 20 heavy (non-hydrogen) atoms. The van der Waals surface area contributed by atoms with Crippen LogP contribution in [-0.4, -0.2) is 14.8 Å². The number of nitrogens with zero attached hydrogens (tertiary/aromatic N) is 4. The fourth-order valence-electron chi connectivity index (χ4n) is 1.96. The van der Waals surface area contributed by atoms with Gasteiger partial charge in [-0.1, -0.05) is 30.0 Å². The van der Waals surface area contributed by atoms with Gasteiger partial charge in [-0.25, -0.2) is 0 Å². The monoisotopic (exact) mass is 287 g/mol. The molecule has 0 atom stereocenters. The number of nitriles is 1. The van der Waals surface area contributed by atoms with Crippen molar-refractivity contribution in [3.05, 3.63) is 41.2 Å². The Morgan fingerprint density at radius 1 is 1.35 bits per heavy atom. The van der Waals surface area contributed by atoms with Crippen LogP contribution in [0.1, 0.15) is 36.8 Å². The van der Waals surface area contributed by atoms with Crippen LogP contribution in [0.3, 0.4) is 0 Å². The van der Waals surface area contributed by atoms with E-state index in [0.29, 0.717) is 17.9 Å². The van der Waals surface area contributed by atoms with E-state index in [-0.39, 0.29) is 6.04 Å². The number of benzene rings is 1. The molecule has 0 aliphatic carbocycles. The highest BCUT2D eigenvalue weighted by Crippen LogP contribution is 2.25. The molecule has 0 fully saturated rings. The predicted molar refractivity (Wildman–Crippen MR) is 79.0 cm³/mol. The van der Waals surface area contributed by atoms with Gasteiger partial charge in [0, 0.05) is 11.8 Å². The van der Waals surface area contributed by atoms with E-state index < -0.39 is 0 Å². The molecule has 0 bridgehead atoms. The van der Waals surface area contributed by atoms with Gasteiger partial charge in [-0.2, -0.15) is 5.26 Å². The molecule has 0 aliphatic rings. The van der Waals surface area contributed by atoms with E-state index in [1.54, 1.807) is 11.8 Å². The van der Waals surface area contributed by atoms with Gasteiger partial charge in [0.15, 0.2) is 5.16 Å². The summed E-state index contributed by atoms with van der Waals surface area (Å²) in [6.45, 7) is 4.53. The third-order valence-electron chi connectivity index (χ3n) is 2.93. The summed E-state index contributed by atoms with van der Waals surface area (Å²) in [4.78, 5) is 0. The number of rotatable bonds is 5. The van der Waals surface area contributed by atoms with Crippen LogP contribution in [-0.2, 0) is 12.3 Å². The summed E-state index contributed by atoms with van der Waals surface area (Å²) in [7, 11) is 0. The molecular formula is C14H17N5S. The van der Waals surface area contributed by atoms with E-state index in [2.05, 4.69) is 30.1 Å². The van der Waals surface area contributed by atoms with Crippen molar-refractivity contribution in [1.82, 2.24) is 14.8 Å². The van der Waals surface area contributed by atoms with Gasteiger partial charge >= 0.3 is 0 Å². The Balaban J connectivity index is 2.19. The first-order valence-corrected chi connectivity index (χ1v) is 7.40. The first-order chi connectivity index (χ1) is 9.67. The van der Waals surface area contributed by atoms with Crippen LogP contribution in [0.4, 0.5) is 0 Å². The Bertz CT molecular complexity index is 627. The van der Waals surface area contributed by atoms with Gasteiger partial charge in [0.1, 0.15) is 5.82 Å². The van der Waals surface area contributed by atoms with Gasteiger partial charge < -0.3 is 10.3 Å². The highest BCUT2D eigenvalue weighted by Gasteiger charge is 2.14. The molecule has 2 aromatic rings. The average Bonchev–Trinajstić information content (AvgIpc) is 2.88. The fraction of sp³-hybridized carbons (Fsp3) is 0.357. The van der Waals surface area contributed by atoms with E-state index in [1.165, 1.54) is 0 Å². The lowest BCUT2D eigenvalue weighted by Gasteiger charge is -2.12. The zero-order chi connectivity index (χ0) is 14.5. The van der Waals surface area contributed by atoms with Crippen molar-refractivity contribution in [2.75, 3.05) is 0 Å². The van der Waals surface area contributed by atoms with Crippen LogP contribution in [0.5, 0.6) is 0 Å². The van der Waals surface area contributed by atoms with Crippen molar-refractivity contribution in [2.45, 2.75) is 37.3 Å². The Morgan fingerprint density at radius 3 is 2.75 bits per heavy atom. The summed E-state index contributed by atoms with van der Waals surface area (Å²) in [5, 5.41) is 18.2. The first kappa shape index (κ1) is 14.6. The van der Waals surface area contributed by atoms with Gasteiger partial charge in [0.25, 0.3) is 0 Å². The first-order valence-electron chi connectivity index (χ1n) is 6.42. The molecular weight excluding hydrogens is 270 g/mol. The van der Waals surface area contributed by atoms with E-state index in [4.69, 9.17) is 11.0 Å². The molecule has 0 spiro atoms. The summed E-state index contributed by atoms with van der Waals surface area (Å²) in [6.07, 6.45) is 0. The SMILES string of the molecule is CC(C)n1c(CN)nnc1SCc1ccccc1C#N. The minimum Gasteiger partial charge on any atom is -0.324 e. The molecule has 2 N–H and O–H groups in total. The van der Waals surface area contributed by atoms with Crippen molar-refractivity contribution < 1.29 is 0 Å². The van der Waals surface area contributed by atoms with Gasteiger partial charge in [-0.05, 0) is 25.5 Å². The molecule has 0 unspecified atom stereocenters. The van der Waals surface area contributed by atoms with Crippen molar-refractivity contribution >= 4 is 11.8 Å². The minimum atomic E-state index is 0.261. The maximum Gasteiger partial charge on any atom is 0.191 e. The van der Waals surface area contributed by atoms with Crippen molar-refractivity contribution in [2.24, 2.45) is 5.73 Å². The summed E-state index contributed by atoms with van der Waals surface area (Å²) >= 11 is 1.58. The van der Waals surface area contributed by atoms with E-state index >= 15 is 0 Å². The quantitative estimate of drug-likeness (QED) is 0.854. The van der Waals surface area contributed by atoms with Crippen molar-refractivity contribution in [3.63, 3.8) is 0 Å². The van der Waals surface area contributed by atoms with Crippen LogP contribution in [0.15, 0.2) is 29.4 Å². The molecule has 1 aromatic heterocycles. The Labute approximate surface area is 122 Å². The second-order valence-electron chi connectivity index (χ2n) is 4.62. The summed E-state index contributed by atoms with van der Waals surface area (Å²) in [6, 6.07) is 10.1. The number of nitrogens with two attached hydrogens (primary N) is 1. The van der Waals surface area contributed by atoms with Crippen LogP contribution in [0.2, 0.25) is 0 Å². The minimum absolute atomic E-state index is 0.261. The Kier molecular flexibility index (Phi) is 4.77. The lowest BCUT2D eigenvalue weighted by molar-refractivity contribution is 0.526. The zero-order valence-corrected chi connectivity index (χ0v) is 12.4. The second-order valence-corrected chi connectivity index (χ2v) is 5.57. The largest absolute Gasteiger partial charge is 0.324 e. The fourth-order valence-corrected chi connectivity index (χ4v) is 3.05. The molecule has 0 aliphatic heterocycles. The van der Waals surface area contributed by atoms with E-state index in [9.17, 15) is 0 Å². The molecule has 0 amide bonds. The average molecular weight is 287 g/mol. The number of hydrogen-bond donors (Lipinski definition) is 1. The summed E-state index contributed by atoms with van der Waals surface area (Å²) < 4.78 is 2.04. The molecule has 6 heteroatoms. The highest BCUT2D eigenvalue weighted by atomic mass is 32.2. The number of thioether (sulfide) groups is 1. The Hall–Kier alpha value is -1.84. The van der Waals surface area contributed by atoms with Crippen LogP contribution in [0.25, 0.3) is 0 Å². The normalized spacial score (nSPS) is 10.8. The van der Waals surface area contributed by atoms with Crippen molar-refractivity contribution in [3.8, 4) is 6.07 Å². The molecule has 1 aromatic carbocycles. The second kappa shape index (κ2) is 6.55. The molecule has 0 saturated heterocycles. The molecule has 104 valence electrons. The van der Waals surface area contributed by atoms with Crippen LogP contribution < -0.4 is 5.73 Å². The number of hydrogen-bond acceptors (Lipinski definition) is 5. The molecule has 0 radical (unpaired) electrons. The van der Waals surface area contributed by atoms with Gasteiger partial charge in [0.05, 0.1) is 18.2 Å². The summed E-state index contributed by atoms with van der Waals surface area (Å²) in [5.41, 5.74) is 7.39. The standard InChI is InChI=1S/C14H17N5S/c1-10(2)19-13(8-16)17-18-14(19)20-9-12-6-4-3-5-11(12)7-15/h3-6,10H,8-9,16H2,1-2H3. The van der Waals surface area contributed by atoms with Crippen molar-refractivity contribution in [1.29, 1.82) is 5.26 Å². The zero-order valence-electron chi connectivity index (χ0n) is 11.6. The van der Waals surface area contributed by atoms with Gasteiger partial charge in [-0.3, -0.25) is 0 Å². The molecule has 5 nitrogen and oxygen atoms in total. The van der Waals surface area contributed by atoms with Crippen LogP contribution in [0, 0.1) is 11.3 Å². The van der Waals surface area contributed by atoms with Crippen LogP contribution >= 0.6 is 11.8 Å². The lowest BCUT2D eigenvalue weighted by atomic mass is 10.1. The number of aromatic nitrogens is 3. The predicted octanol–water partition coefficient (Wildman–Crippen LogP) is 2.48. The van der Waals surface area contributed by atoms with Gasteiger partial charge in [0.2, 0.25) is 0 Å². The maximum atomic E-state index is 9.09. The summed E-state index contributed by atoms with van der Waals surface area (Å²) in [5.74, 6) is 1.48. The molecule has 2 rings (SSSR count). The third kappa shape index (κ3) is 3.00. The smallest absolute Gasteiger partial charge is 0.191 e. The lowest BCUT2D eigenvalue weighted by Crippen LogP contribution is -2.11. The van der Waals surface area contributed by atoms with Gasteiger partial charge in [-0.15, -0.1) is 10.2 Å². The maximum absolute atomic E-state index is 9.09. The topological polar surface area (TPSA) is 80.5 Å². The Morgan fingerprint density at radius 2 is 2.10 bits per heavy atom. The molecule has 1 heterocycles.